The van der Waals surface area contributed by atoms with Crippen molar-refractivity contribution in [3.05, 3.63) is 0 Å². The van der Waals surface area contributed by atoms with Crippen molar-refractivity contribution in [3.63, 3.8) is 0 Å². The Morgan fingerprint density at radius 2 is 1.86 bits per heavy atom. The fourth-order valence-electron chi connectivity index (χ4n) is 1.31. The maximum Gasteiger partial charge on any atom is 0.184 e. The van der Waals surface area contributed by atoms with E-state index < -0.39 is 36.8 Å². The average molecular weight is 208 g/mol. The SMILES string of the molecule is O=C[C@@]1(O)[C@@H](O)C(O)O[C@H](CO)[C@@H]1O. The average Bonchev–Trinajstić information content (AvgIpc) is 2.20. The summed E-state index contributed by atoms with van der Waals surface area (Å²) in [7, 11) is 0. The Morgan fingerprint density at radius 1 is 1.29 bits per heavy atom. The molecule has 1 heterocycles. The lowest BCUT2D eigenvalue weighted by atomic mass is 9.85. The summed E-state index contributed by atoms with van der Waals surface area (Å²) in [6.07, 6.45) is -6.97. The number of hydrogen-bond acceptors (Lipinski definition) is 7. The Hall–Kier alpha value is -0.570. The standard InChI is InChI=1S/C7H12O7/c8-1-3-4(10)7(13,2-9)5(11)6(12)14-3/h2-6,8,10-13H,1H2/t3-,4+,5+,6?,7+/m1/s1. The zero-order valence-corrected chi connectivity index (χ0v) is 7.15. The third-order valence-electron chi connectivity index (χ3n) is 2.25. The molecule has 0 aliphatic carbocycles. The van der Waals surface area contributed by atoms with Gasteiger partial charge < -0.3 is 30.3 Å². The van der Waals surface area contributed by atoms with Crippen molar-refractivity contribution in [3.8, 4) is 0 Å². The number of carbonyl (C=O) groups excluding carboxylic acids is 1. The molecule has 5 atom stereocenters. The molecule has 1 aliphatic heterocycles. The quantitative estimate of drug-likeness (QED) is 0.296. The van der Waals surface area contributed by atoms with Gasteiger partial charge in [-0.3, -0.25) is 4.79 Å². The van der Waals surface area contributed by atoms with E-state index in [1.54, 1.807) is 0 Å². The number of rotatable bonds is 2. The predicted octanol–water partition coefficient (Wildman–Crippen LogP) is -3.65. The molecule has 1 aliphatic rings. The summed E-state index contributed by atoms with van der Waals surface area (Å²) in [5, 5.41) is 45.7. The lowest BCUT2D eigenvalue weighted by molar-refractivity contribution is -0.308. The van der Waals surface area contributed by atoms with E-state index in [-0.39, 0.29) is 6.29 Å². The Labute approximate surface area is 79.2 Å². The number of ether oxygens (including phenoxy) is 1. The van der Waals surface area contributed by atoms with Crippen molar-refractivity contribution < 1.29 is 35.1 Å². The first-order valence-electron chi connectivity index (χ1n) is 3.96. The molecule has 0 amide bonds. The van der Waals surface area contributed by atoms with Gasteiger partial charge in [0.15, 0.2) is 18.2 Å². The number of carbonyl (C=O) groups is 1. The van der Waals surface area contributed by atoms with Crippen LogP contribution in [0.15, 0.2) is 0 Å². The van der Waals surface area contributed by atoms with Crippen LogP contribution in [0.1, 0.15) is 0 Å². The smallest absolute Gasteiger partial charge is 0.184 e. The molecular weight excluding hydrogens is 196 g/mol. The van der Waals surface area contributed by atoms with Gasteiger partial charge in [0, 0.05) is 0 Å². The van der Waals surface area contributed by atoms with Gasteiger partial charge >= 0.3 is 0 Å². The molecule has 14 heavy (non-hydrogen) atoms. The van der Waals surface area contributed by atoms with Gasteiger partial charge in [0.2, 0.25) is 0 Å². The zero-order valence-electron chi connectivity index (χ0n) is 7.15. The summed E-state index contributed by atoms with van der Waals surface area (Å²) in [6.45, 7) is -0.693. The van der Waals surface area contributed by atoms with Crippen molar-refractivity contribution in [1.29, 1.82) is 0 Å². The van der Waals surface area contributed by atoms with E-state index in [4.69, 9.17) is 10.2 Å². The maximum absolute atomic E-state index is 10.5. The van der Waals surface area contributed by atoms with Gasteiger partial charge in [-0.15, -0.1) is 0 Å². The summed E-state index contributed by atoms with van der Waals surface area (Å²) in [6, 6.07) is 0. The molecule has 0 aromatic rings. The lowest BCUT2D eigenvalue weighted by Gasteiger charge is -2.43. The Bertz CT molecular complexity index is 220. The molecular formula is C7H12O7. The first kappa shape index (κ1) is 11.5. The molecule has 0 spiro atoms. The van der Waals surface area contributed by atoms with Crippen LogP contribution in [0.2, 0.25) is 0 Å². The van der Waals surface area contributed by atoms with Gasteiger partial charge in [-0.2, -0.15) is 0 Å². The molecule has 0 saturated carbocycles. The van der Waals surface area contributed by atoms with Crippen LogP contribution in [-0.2, 0) is 9.53 Å². The highest BCUT2D eigenvalue weighted by Crippen LogP contribution is 2.27. The molecule has 7 heteroatoms. The molecule has 1 saturated heterocycles. The summed E-state index contributed by atoms with van der Waals surface area (Å²) in [5.74, 6) is 0. The van der Waals surface area contributed by atoms with Crippen molar-refractivity contribution >= 4 is 6.29 Å². The fraction of sp³-hybridized carbons (Fsp3) is 0.857. The van der Waals surface area contributed by atoms with Gasteiger partial charge in [0.05, 0.1) is 6.61 Å². The minimum Gasteiger partial charge on any atom is -0.394 e. The molecule has 82 valence electrons. The number of aldehydes is 1. The molecule has 0 radical (unpaired) electrons. The largest absolute Gasteiger partial charge is 0.394 e. The third-order valence-corrected chi connectivity index (χ3v) is 2.25. The second-order valence-corrected chi connectivity index (χ2v) is 3.14. The van der Waals surface area contributed by atoms with Gasteiger partial charge in [0.25, 0.3) is 0 Å². The second kappa shape index (κ2) is 3.89. The topological polar surface area (TPSA) is 127 Å². The molecule has 5 N–H and O–H groups in total. The molecule has 1 fully saturated rings. The van der Waals surface area contributed by atoms with Crippen LogP contribution in [0.4, 0.5) is 0 Å². The van der Waals surface area contributed by atoms with Crippen LogP contribution in [-0.4, -0.2) is 68.6 Å². The highest BCUT2D eigenvalue weighted by atomic mass is 16.6. The molecule has 7 nitrogen and oxygen atoms in total. The van der Waals surface area contributed by atoms with E-state index in [9.17, 15) is 20.1 Å². The molecule has 0 aromatic heterocycles. The maximum atomic E-state index is 10.5. The first-order chi connectivity index (χ1) is 6.47. The zero-order chi connectivity index (χ0) is 10.9. The van der Waals surface area contributed by atoms with Crippen molar-refractivity contribution in [2.45, 2.75) is 30.2 Å². The summed E-state index contributed by atoms with van der Waals surface area (Å²) >= 11 is 0. The van der Waals surface area contributed by atoms with Crippen molar-refractivity contribution in [2.75, 3.05) is 6.61 Å². The monoisotopic (exact) mass is 208 g/mol. The van der Waals surface area contributed by atoms with E-state index >= 15 is 0 Å². The number of aliphatic hydroxyl groups excluding tert-OH is 4. The van der Waals surface area contributed by atoms with Crippen LogP contribution in [0.5, 0.6) is 0 Å². The lowest BCUT2D eigenvalue weighted by Crippen LogP contribution is -2.67. The number of aliphatic hydroxyl groups is 5. The van der Waals surface area contributed by atoms with Gasteiger partial charge in [-0.05, 0) is 0 Å². The van der Waals surface area contributed by atoms with E-state index in [1.165, 1.54) is 0 Å². The first-order valence-corrected chi connectivity index (χ1v) is 3.96. The summed E-state index contributed by atoms with van der Waals surface area (Å²) in [5.41, 5.74) is -2.52. The minimum atomic E-state index is -2.52. The second-order valence-electron chi connectivity index (χ2n) is 3.14. The molecule has 0 aromatic carbocycles. The minimum absolute atomic E-state index is 0.0866. The van der Waals surface area contributed by atoms with E-state index in [2.05, 4.69) is 4.74 Å². The summed E-state index contributed by atoms with van der Waals surface area (Å²) < 4.78 is 4.54. The van der Waals surface area contributed by atoms with Gasteiger partial charge in [0.1, 0.15) is 18.3 Å². The van der Waals surface area contributed by atoms with E-state index in [0.717, 1.165) is 0 Å². The van der Waals surface area contributed by atoms with Crippen LogP contribution >= 0.6 is 0 Å². The van der Waals surface area contributed by atoms with Crippen molar-refractivity contribution in [2.24, 2.45) is 0 Å². The van der Waals surface area contributed by atoms with Crippen LogP contribution in [0.3, 0.4) is 0 Å². The highest BCUT2D eigenvalue weighted by molar-refractivity contribution is 5.65. The third kappa shape index (κ3) is 1.54. The van der Waals surface area contributed by atoms with Crippen molar-refractivity contribution in [1.82, 2.24) is 0 Å². The molecule has 0 bridgehead atoms. The Balaban J connectivity index is 2.94. The van der Waals surface area contributed by atoms with Crippen LogP contribution < -0.4 is 0 Å². The van der Waals surface area contributed by atoms with Crippen LogP contribution in [0.25, 0.3) is 0 Å². The highest BCUT2D eigenvalue weighted by Gasteiger charge is 2.54. The summed E-state index contributed by atoms with van der Waals surface area (Å²) in [4.78, 5) is 10.5. The van der Waals surface area contributed by atoms with Gasteiger partial charge in [-0.1, -0.05) is 0 Å². The van der Waals surface area contributed by atoms with E-state index in [0.29, 0.717) is 0 Å². The predicted molar refractivity (Wildman–Crippen MR) is 41.0 cm³/mol. The molecule has 1 rings (SSSR count). The number of hydrogen-bond donors (Lipinski definition) is 5. The Kier molecular flexibility index (Phi) is 3.20. The van der Waals surface area contributed by atoms with Crippen LogP contribution in [0, 0.1) is 0 Å². The fourth-order valence-corrected chi connectivity index (χ4v) is 1.31. The molecule has 1 unspecified atom stereocenters. The van der Waals surface area contributed by atoms with Gasteiger partial charge in [-0.25, -0.2) is 0 Å². The normalized spacial score (nSPS) is 48.9. The van der Waals surface area contributed by atoms with E-state index in [1.807, 2.05) is 0 Å². The Morgan fingerprint density at radius 3 is 2.29 bits per heavy atom.